The SMILES string of the molecule is CC(C)CC1=[C]([Hf])CC=C1. The van der Waals surface area contributed by atoms with Gasteiger partial charge in [0.1, 0.15) is 0 Å². The van der Waals surface area contributed by atoms with Crippen molar-refractivity contribution in [2.75, 3.05) is 0 Å². The zero-order valence-electron chi connectivity index (χ0n) is 6.65. The van der Waals surface area contributed by atoms with Gasteiger partial charge in [0, 0.05) is 0 Å². The molecule has 0 aromatic carbocycles. The van der Waals surface area contributed by atoms with Crippen LogP contribution in [0.1, 0.15) is 26.7 Å². The first-order chi connectivity index (χ1) is 4.70. The summed E-state index contributed by atoms with van der Waals surface area (Å²) in [5.41, 5.74) is 1.63. The normalized spacial score (nSPS) is 17.4. The van der Waals surface area contributed by atoms with Crippen molar-refractivity contribution in [3.05, 3.63) is 21.1 Å². The molecule has 0 bridgehead atoms. The van der Waals surface area contributed by atoms with Gasteiger partial charge in [-0.15, -0.1) is 0 Å². The van der Waals surface area contributed by atoms with Crippen molar-refractivity contribution in [1.29, 1.82) is 0 Å². The van der Waals surface area contributed by atoms with Crippen LogP contribution in [0.2, 0.25) is 0 Å². The first-order valence-corrected chi connectivity index (χ1v) is 5.60. The molecule has 0 atom stereocenters. The molecule has 1 aliphatic carbocycles. The predicted octanol–water partition coefficient (Wildman–Crippen LogP) is 2.79. The summed E-state index contributed by atoms with van der Waals surface area (Å²) in [4.78, 5) is 0. The van der Waals surface area contributed by atoms with E-state index in [1.54, 1.807) is 8.90 Å². The van der Waals surface area contributed by atoms with E-state index in [1.807, 2.05) is 0 Å². The molecule has 0 aromatic rings. The van der Waals surface area contributed by atoms with Crippen LogP contribution in [-0.4, -0.2) is 0 Å². The van der Waals surface area contributed by atoms with E-state index in [4.69, 9.17) is 0 Å². The summed E-state index contributed by atoms with van der Waals surface area (Å²) in [7, 11) is 0. The van der Waals surface area contributed by atoms with Crippen LogP contribution in [0.5, 0.6) is 0 Å². The third kappa shape index (κ3) is 2.19. The standard InChI is InChI=1S/C9H13.Hf/c1-8(2)7-9-5-3-4-6-9;/h3,5,8H,4,7H2,1-2H3;. The molecule has 0 nitrogen and oxygen atoms in total. The first-order valence-electron chi connectivity index (χ1n) is 3.80. The molecular weight excluding hydrogens is 287 g/mol. The third-order valence-electron chi connectivity index (χ3n) is 1.66. The van der Waals surface area contributed by atoms with E-state index >= 15 is 0 Å². The van der Waals surface area contributed by atoms with E-state index in [0.29, 0.717) is 0 Å². The second-order valence-electron chi connectivity index (χ2n) is 3.21. The Hall–Kier alpha value is 0.350. The van der Waals surface area contributed by atoms with Gasteiger partial charge in [0.25, 0.3) is 0 Å². The summed E-state index contributed by atoms with van der Waals surface area (Å²) in [6, 6.07) is 0. The van der Waals surface area contributed by atoms with Crippen LogP contribution in [0.3, 0.4) is 0 Å². The van der Waals surface area contributed by atoms with Gasteiger partial charge in [0.2, 0.25) is 0 Å². The van der Waals surface area contributed by atoms with Crippen LogP contribution in [0.4, 0.5) is 0 Å². The summed E-state index contributed by atoms with van der Waals surface area (Å²) in [5.74, 6) is 0.821. The van der Waals surface area contributed by atoms with Crippen LogP contribution in [0, 0.1) is 5.92 Å². The molecule has 0 N–H and O–H groups in total. The monoisotopic (exact) mass is 301 g/mol. The second kappa shape index (κ2) is 3.66. The Balaban J connectivity index is 2.54. The van der Waals surface area contributed by atoms with Crippen molar-refractivity contribution in [3.8, 4) is 0 Å². The summed E-state index contributed by atoms with van der Waals surface area (Å²) >= 11 is 1.26. The number of hydrogen-bond donors (Lipinski definition) is 0. The van der Waals surface area contributed by atoms with Gasteiger partial charge in [-0.3, -0.25) is 0 Å². The van der Waals surface area contributed by atoms with Crippen LogP contribution < -0.4 is 0 Å². The van der Waals surface area contributed by atoms with Crippen molar-refractivity contribution < 1.29 is 24.4 Å². The second-order valence-corrected chi connectivity index (χ2v) is 5.38. The van der Waals surface area contributed by atoms with Gasteiger partial charge >= 0.3 is 78.0 Å². The van der Waals surface area contributed by atoms with Crippen molar-refractivity contribution in [2.45, 2.75) is 26.7 Å². The molecule has 1 heteroatoms. The van der Waals surface area contributed by atoms with Crippen molar-refractivity contribution in [3.63, 3.8) is 0 Å². The molecule has 0 aromatic heterocycles. The van der Waals surface area contributed by atoms with Gasteiger partial charge in [-0.2, -0.15) is 0 Å². The van der Waals surface area contributed by atoms with Crippen molar-refractivity contribution in [2.24, 2.45) is 5.92 Å². The van der Waals surface area contributed by atoms with Crippen molar-refractivity contribution >= 4 is 0 Å². The van der Waals surface area contributed by atoms with Gasteiger partial charge in [-0.25, -0.2) is 0 Å². The van der Waals surface area contributed by atoms with E-state index in [2.05, 4.69) is 26.0 Å². The maximum atomic E-state index is 2.31. The predicted molar refractivity (Wildman–Crippen MR) is 40.2 cm³/mol. The molecule has 0 saturated heterocycles. The molecule has 1 rings (SSSR count). The minimum absolute atomic E-state index is 0.821. The Morgan fingerprint density at radius 3 is 2.70 bits per heavy atom. The fourth-order valence-electron chi connectivity index (χ4n) is 1.18. The molecule has 10 heavy (non-hydrogen) atoms. The van der Waals surface area contributed by atoms with E-state index in [0.717, 1.165) is 5.92 Å². The summed E-state index contributed by atoms with van der Waals surface area (Å²) in [5, 5.41) is 0. The average molecular weight is 300 g/mol. The molecule has 53 valence electrons. The van der Waals surface area contributed by atoms with Gasteiger partial charge < -0.3 is 0 Å². The topological polar surface area (TPSA) is 0 Å². The van der Waals surface area contributed by atoms with Gasteiger partial charge in [0.05, 0.1) is 0 Å². The van der Waals surface area contributed by atoms with Crippen LogP contribution in [-0.2, 0) is 24.4 Å². The summed E-state index contributed by atoms with van der Waals surface area (Å²) in [6.45, 7) is 4.57. The molecule has 0 amide bonds. The van der Waals surface area contributed by atoms with E-state index in [9.17, 15) is 0 Å². The molecule has 0 unspecified atom stereocenters. The average Bonchev–Trinajstić information content (AvgIpc) is 2.15. The fourth-order valence-corrected chi connectivity index (χ4v) is 2.27. The molecule has 0 heterocycles. The summed E-state index contributed by atoms with van der Waals surface area (Å²) < 4.78 is 1.70. The summed E-state index contributed by atoms with van der Waals surface area (Å²) in [6.07, 6.45) is 7.13. The number of rotatable bonds is 2. The van der Waals surface area contributed by atoms with Gasteiger partial charge in [-0.1, -0.05) is 0 Å². The van der Waals surface area contributed by atoms with E-state index in [-0.39, 0.29) is 0 Å². The molecule has 0 radical (unpaired) electrons. The Labute approximate surface area is 78.0 Å². The van der Waals surface area contributed by atoms with E-state index in [1.165, 1.54) is 37.2 Å². The minimum atomic E-state index is 0.821. The van der Waals surface area contributed by atoms with E-state index < -0.39 is 0 Å². The van der Waals surface area contributed by atoms with Crippen LogP contribution in [0.25, 0.3) is 0 Å². The van der Waals surface area contributed by atoms with Crippen LogP contribution >= 0.6 is 0 Å². The van der Waals surface area contributed by atoms with Crippen LogP contribution in [0.15, 0.2) is 21.1 Å². The molecule has 1 aliphatic rings. The fraction of sp³-hybridized carbons (Fsp3) is 0.556. The first kappa shape index (κ1) is 8.45. The molecule has 0 spiro atoms. The Kier molecular flexibility index (Phi) is 3.09. The number of hydrogen-bond acceptors (Lipinski definition) is 0. The zero-order valence-corrected chi connectivity index (χ0v) is 10.2. The molecule has 0 aliphatic heterocycles. The van der Waals surface area contributed by atoms with Gasteiger partial charge in [0.15, 0.2) is 0 Å². The molecular formula is C9H13Hf. The van der Waals surface area contributed by atoms with Crippen molar-refractivity contribution in [1.82, 2.24) is 0 Å². The van der Waals surface area contributed by atoms with Gasteiger partial charge in [-0.05, 0) is 0 Å². The third-order valence-corrected chi connectivity index (χ3v) is 3.54. The number of allylic oxidation sites excluding steroid dienone is 4. The Bertz CT molecular complexity index is 175. The molecule has 0 fully saturated rings. The molecule has 0 saturated carbocycles. The zero-order chi connectivity index (χ0) is 7.56. The maximum absolute atomic E-state index is 2.31. The Morgan fingerprint density at radius 2 is 2.30 bits per heavy atom. The quantitative estimate of drug-likeness (QED) is 0.688. The Morgan fingerprint density at radius 1 is 1.60 bits per heavy atom.